The van der Waals surface area contributed by atoms with Gasteiger partial charge >= 0.3 is 15.6 Å². The van der Waals surface area contributed by atoms with Gasteiger partial charge in [-0.05, 0) is 0 Å². The molecule has 4 unspecified atom stereocenters. The molecule has 0 spiro atoms. The quantitative estimate of drug-likeness (QED) is 0.0611. The van der Waals surface area contributed by atoms with Crippen LogP contribution in [0.2, 0.25) is 0 Å². The number of phosphoric acid groups is 2. The largest absolute Gasteiger partial charge is 0.469 e. The van der Waals surface area contributed by atoms with E-state index in [1.54, 1.807) is 0 Å². The van der Waals surface area contributed by atoms with Crippen LogP contribution in [0.1, 0.15) is 12.5 Å². The number of phosphoric ester groups is 2. The number of ether oxygens (including phenoxy) is 2. The standard InChI is InChI=1S/2C10H14N5O7P.Mn/c2*11-8-5-9(13-2-12-8)15(3-14-5)10-7(17)6(16)4(22-10)1-21-23(18,19)20;/h2*2-4,6-7,10,16-17H,1H2,(H2,11,12,13)(H2,18,19,20);/t4-,6?,7?,10?;4-,6?,7+,10-;/m11./s1. The van der Waals surface area contributed by atoms with E-state index in [1.807, 2.05) is 0 Å². The van der Waals surface area contributed by atoms with Crippen molar-refractivity contribution in [2.45, 2.75) is 49.1 Å². The molecule has 0 aromatic carbocycles. The van der Waals surface area contributed by atoms with Crippen molar-refractivity contribution in [2.24, 2.45) is 0 Å². The Bertz CT molecular complexity index is 1660. The number of aliphatic hydroxyl groups excluding tert-OH is 4. The van der Waals surface area contributed by atoms with Gasteiger partial charge in [0.25, 0.3) is 0 Å². The molecule has 4 aromatic heterocycles. The molecule has 0 bridgehead atoms. The van der Waals surface area contributed by atoms with Crippen molar-refractivity contribution in [3.05, 3.63) is 25.3 Å². The van der Waals surface area contributed by atoms with Crippen molar-refractivity contribution in [3.8, 4) is 0 Å². The minimum absolute atomic E-state index is 0. The fourth-order valence-corrected chi connectivity index (χ4v) is 5.33. The van der Waals surface area contributed by atoms with Gasteiger partial charge in [0.05, 0.1) is 25.9 Å². The van der Waals surface area contributed by atoms with E-state index in [0.717, 1.165) is 0 Å². The normalized spacial score (nSPS) is 27.9. The van der Waals surface area contributed by atoms with Crippen LogP contribution >= 0.6 is 15.6 Å². The maximum atomic E-state index is 10.7. The van der Waals surface area contributed by atoms with Gasteiger partial charge in [-0.2, -0.15) is 0 Å². The fourth-order valence-electron chi connectivity index (χ4n) is 4.65. The zero-order valence-corrected chi connectivity index (χ0v) is 26.3. The molecule has 259 valence electrons. The van der Waals surface area contributed by atoms with E-state index < -0.39 is 77.9 Å². The third kappa shape index (κ3) is 8.09. The van der Waals surface area contributed by atoms with E-state index >= 15 is 0 Å². The van der Waals surface area contributed by atoms with Crippen LogP contribution in [-0.2, 0) is 44.7 Å². The Morgan fingerprint density at radius 2 is 1.02 bits per heavy atom. The summed E-state index contributed by atoms with van der Waals surface area (Å²) in [6.07, 6.45) is -4.98. The number of imidazole rings is 2. The smallest absolute Gasteiger partial charge is 0.387 e. The fraction of sp³-hybridized carbons (Fsp3) is 0.500. The molecule has 6 rings (SSSR count). The van der Waals surface area contributed by atoms with Crippen LogP contribution in [0.5, 0.6) is 0 Å². The molecular formula is C20H28MnN10O14P2. The number of nitrogens with zero attached hydrogens (tertiary/aromatic N) is 8. The van der Waals surface area contributed by atoms with E-state index in [1.165, 1.54) is 34.4 Å². The van der Waals surface area contributed by atoms with Crippen LogP contribution in [0.3, 0.4) is 0 Å². The molecule has 2 aliphatic heterocycles. The topological polar surface area (TPSA) is 372 Å². The number of nitrogens with two attached hydrogens (primary N) is 2. The van der Waals surface area contributed by atoms with E-state index in [0.29, 0.717) is 11.0 Å². The van der Waals surface area contributed by atoms with Crippen molar-refractivity contribution in [1.29, 1.82) is 0 Å². The SMILES string of the molecule is Nc1ncnc2c1ncn2C1O[C@H](COP(=O)(O)O)C(O)C1O.Nc1ncnc2c1ncn2[C@@H]1O[C@H](COP(=O)(O)O)C(O)[C@@H]1O.[Mn]. The monoisotopic (exact) mass is 749 g/mol. The molecule has 2 saturated heterocycles. The van der Waals surface area contributed by atoms with Crippen molar-refractivity contribution >= 4 is 49.6 Å². The van der Waals surface area contributed by atoms with Gasteiger partial charge in [-0.3, -0.25) is 18.2 Å². The summed E-state index contributed by atoms with van der Waals surface area (Å²) in [5.41, 5.74) is 12.5. The molecular weight excluding hydrogens is 721 g/mol. The van der Waals surface area contributed by atoms with Gasteiger partial charge in [-0.25, -0.2) is 39.0 Å². The summed E-state index contributed by atoms with van der Waals surface area (Å²) in [4.78, 5) is 58.4. The first-order valence-corrected chi connectivity index (χ1v) is 15.9. The van der Waals surface area contributed by atoms with Gasteiger partial charge in [-0.1, -0.05) is 0 Å². The maximum absolute atomic E-state index is 10.7. The second-order valence-electron chi connectivity index (χ2n) is 9.83. The van der Waals surface area contributed by atoms with Crippen LogP contribution < -0.4 is 11.5 Å². The number of hydrogen-bond acceptors (Lipinski definition) is 18. The third-order valence-electron chi connectivity index (χ3n) is 6.81. The summed E-state index contributed by atoms with van der Waals surface area (Å²) in [5, 5.41) is 40.1. The van der Waals surface area contributed by atoms with E-state index in [2.05, 4.69) is 39.0 Å². The predicted molar refractivity (Wildman–Crippen MR) is 147 cm³/mol. The molecule has 0 aliphatic carbocycles. The van der Waals surface area contributed by atoms with Crippen molar-refractivity contribution in [3.63, 3.8) is 0 Å². The van der Waals surface area contributed by atoms with Gasteiger partial charge < -0.3 is 60.9 Å². The molecule has 27 heteroatoms. The Hall–Kier alpha value is -2.80. The zero-order chi connectivity index (χ0) is 33.6. The Morgan fingerprint density at radius 1 is 0.660 bits per heavy atom. The molecule has 8 atom stereocenters. The minimum atomic E-state index is -4.72. The molecule has 2 aliphatic rings. The Labute approximate surface area is 272 Å². The number of nitrogen functional groups attached to an aromatic ring is 2. The maximum Gasteiger partial charge on any atom is 0.469 e. The first-order chi connectivity index (χ1) is 21.6. The van der Waals surface area contributed by atoms with Crippen molar-refractivity contribution in [2.75, 3.05) is 24.7 Å². The third-order valence-corrected chi connectivity index (χ3v) is 7.78. The average molecular weight is 749 g/mol. The van der Waals surface area contributed by atoms with Gasteiger partial charge in [0.1, 0.15) is 60.3 Å². The minimum Gasteiger partial charge on any atom is -0.387 e. The Kier molecular flexibility index (Phi) is 11.3. The second-order valence-corrected chi connectivity index (χ2v) is 12.3. The van der Waals surface area contributed by atoms with E-state index in [9.17, 15) is 29.6 Å². The summed E-state index contributed by atoms with van der Waals surface area (Å²) in [6.45, 7) is -1.19. The van der Waals surface area contributed by atoms with E-state index in [4.69, 9.17) is 40.5 Å². The molecule has 4 aromatic rings. The summed E-state index contributed by atoms with van der Waals surface area (Å²) >= 11 is 0. The van der Waals surface area contributed by atoms with Crippen LogP contribution in [0.25, 0.3) is 22.3 Å². The molecule has 6 heterocycles. The summed E-state index contributed by atoms with van der Waals surface area (Å²) in [6, 6.07) is 0. The molecule has 1 radical (unpaired) electrons. The first kappa shape index (κ1) is 37.0. The summed E-state index contributed by atoms with van der Waals surface area (Å²) < 4.78 is 43.6. The molecule has 0 saturated carbocycles. The predicted octanol–water partition coefficient (Wildman–Crippen LogP) is -3.73. The molecule has 0 amide bonds. The van der Waals surface area contributed by atoms with Crippen LogP contribution in [-0.4, -0.2) is 129 Å². The van der Waals surface area contributed by atoms with Crippen LogP contribution in [0.4, 0.5) is 11.6 Å². The number of hydrogen-bond donors (Lipinski definition) is 10. The van der Waals surface area contributed by atoms with Crippen molar-refractivity contribution in [1.82, 2.24) is 39.0 Å². The summed E-state index contributed by atoms with van der Waals surface area (Å²) in [7, 11) is -9.44. The van der Waals surface area contributed by atoms with Crippen molar-refractivity contribution < 1.29 is 84.7 Å². The first-order valence-electron chi connectivity index (χ1n) is 12.8. The summed E-state index contributed by atoms with van der Waals surface area (Å²) in [5.74, 6) is 0.284. The van der Waals surface area contributed by atoms with Gasteiger partial charge in [-0.15, -0.1) is 0 Å². The van der Waals surface area contributed by atoms with Gasteiger partial charge in [0.15, 0.2) is 35.4 Å². The zero-order valence-electron chi connectivity index (χ0n) is 23.4. The molecule has 24 nitrogen and oxygen atoms in total. The average Bonchev–Trinajstić information content (AvgIpc) is 3.73. The Morgan fingerprint density at radius 3 is 1.36 bits per heavy atom. The number of anilines is 2. The van der Waals surface area contributed by atoms with Gasteiger partial charge in [0, 0.05) is 17.1 Å². The van der Waals surface area contributed by atoms with Crippen LogP contribution in [0, 0.1) is 0 Å². The molecule has 12 N–H and O–H groups in total. The number of rotatable bonds is 8. The number of fused-ring (bicyclic) bond motifs is 2. The Balaban J connectivity index is 0.000000208. The van der Waals surface area contributed by atoms with E-state index in [-0.39, 0.29) is 40.0 Å². The molecule has 2 fully saturated rings. The van der Waals surface area contributed by atoms with Crippen LogP contribution in [0.15, 0.2) is 25.3 Å². The second kappa shape index (κ2) is 14.4. The number of aromatic nitrogens is 8. The number of aliphatic hydroxyl groups is 4. The van der Waals surface area contributed by atoms with Gasteiger partial charge in [0.2, 0.25) is 0 Å². The molecule has 47 heavy (non-hydrogen) atoms.